The van der Waals surface area contributed by atoms with Gasteiger partial charge in [-0.15, -0.1) is 0 Å². The highest BCUT2D eigenvalue weighted by Crippen LogP contribution is 2.36. The first-order chi connectivity index (χ1) is 13.6. The molecule has 1 aromatic carbocycles. The molecular formula is C24H36ClN3. The van der Waals surface area contributed by atoms with Crippen LogP contribution in [0, 0.1) is 11.8 Å². The quantitative estimate of drug-likeness (QED) is 0.702. The SMILES string of the molecule is CC(C)C1CCC(N2CCC(n3cc(CCN)c4cc(Cl)ccc43)CC2)CC1. The molecule has 2 N–H and O–H groups in total. The minimum Gasteiger partial charge on any atom is -0.344 e. The Balaban J connectivity index is 1.43. The van der Waals surface area contributed by atoms with E-state index in [9.17, 15) is 0 Å². The molecule has 0 bridgehead atoms. The van der Waals surface area contributed by atoms with Crippen molar-refractivity contribution in [3.8, 4) is 0 Å². The smallest absolute Gasteiger partial charge is 0.0486 e. The summed E-state index contributed by atoms with van der Waals surface area (Å²) in [7, 11) is 0. The molecule has 0 spiro atoms. The second-order valence-corrected chi connectivity index (χ2v) is 9.78. The van der Waals surface area contributed by atoms with E-state index in [1.165, 1.54) is 68.1 Å². The average Bonchev–Trinajstić information content (AvgIpc) is 3.06. The first kappa shape index (κ1) is 20.3. The number of nitrogens with two attached hydrogens (primary N) is 1. The van der Waals surface area contributed by atoms with Crippen LogP contribution in [0.25, 0.3) is 10.9 Å². The van der Waals surface area contributed by atoms with Gasteiger partial charge in [0.1, 0.15) is 0 Å². The Morgan fingerprint density at radius 2 is 1.75 bits per heavy atom. The predicted octanol–water partition coefficient (Wildman–Crippen LogP) is 5.65. The Morgan fingerprint density at radius 1 is 1.04 bits per heavy atom. The Hall–Kier alpha value is -1.03. The number of halogens is 1. The topological polar surface area (TPSA) is 34.2 Å². The van der Waals surface area contributed by atoms with Crippen LogP contribution in [0.2, 0.25) is 5.02 Å². The number of rotatable bonds is 5. The molecule has 0 unspecified atom stereocenters. The maximum atomic E-state index is 6.27. The van der Waals surface area contributed by atoms with E-state index in [1.807, 2.05) is 6.07 Å². The van der Waals surface area contributed by atoms with E-state index in [4.69, 9.17) is 17.3 Å². The van der Waals surface area contributed by atoms with Gasteiger partial charge in [-0.05, 0) is 87.1 Å². The lowest BCUT2D eigenvalue weighted by atomic mass is 9.79. The zero-order chi connectivity index (χ0) is 19.7. The molecule has 154 valence electrons. The number of piperidine rings is 1. The number of nitrogens with zero attached hydrogens (tertiary/aromatic N) is 2. The second-order valence-electron chi connectivity index (χ2n) is 9.34. The minimum absolute atomic E-state index is 0.596. The summed E-state index contributed by atoms with van der Waals surface area (Å²) in [4.78, 5) is 2.79. The van der Waals surface area contributed by atoms with Crippen LogP contribution >= 0.6 is 11.6 Å². The van der Waals surface area contributed by atoms with Crippen LogP contribution in [0.4, 0.5) is 0 Å². The van der Waals surface area contributed by atoms with Gasteiger partial charge in [0.25, 0.3) is 0 Å². The fourth-order valence-electron chi connectivity index (χ4n) is 5.62. The van der Waals surface area contributed by atoms with E-state index < -0.39 is 0 Å². The largest absolute Gasteiger partial charge is 0.344 e. The number of hydrogen-bond acceptors (Lipinski definition) is 2. The Labute approximate surface area is 175 Å². The van der Waals surface area contributed by atoms with E-state index in [1.54, 1.807) is 0 Å². The Bertz CT molecular complexity index is 780. The van der Waals surface area contributed by atoms with Crippen LogP contribution in [0.15, 0.2) is 24.4 Å². The van der Waals surface area contributed by atoms with Gasteiger partial charge in [0.15, 0.2) is 0 Å². The molecule has 2 fully saturated rings. The number of aromatic nitrogens is 1. The third kappa shape index (κ3) is 4.13. The molecule has 2 heterocycles. The predicted molar refractivity (Wildman–Crippen MR) is 120 cm³/mol. The molecule has 4 rings (SSSR count). The average molecular weight is 402 g/mol. The summed E-state index contributed by atoms with van der Waals surface area (Å²) in [5, 5.41) is 2.10. The second kappa shape index (κ2) is 8.77. The fraction of sp³-hybridized carbons (Fsp3) is 0.667. The van der Waals surface area contributed by atoms with Crippen molar-refractivity contribution in [2.24, 2.45) is 17.6 Å². The number of likely N-dealkylation sites (tertiary alicyclic amines) is 1. The molecule has 1 aliphatic heterocycles. The molecule has 2 aromatic rings. The molecule has 0 radical (unpaired) electrons. The first-order valence-corrected chi connectivity index (χ1v) is 11.7. The summed E-state index contributed by atoms with van der Waals surface area (Å²) in [6.07, 6.45) is 11.4. The van der Waals surface area contributed by atoms with Crippen molar-refractivity contribution in [2.45, 2.75) is 70.9 Å². The Kier molecular flexibility index (Phi) is 6.34. The van der Waals surface area contributed by atoms with Crippen LogP contribution in [-0.2, 0) is 6.42 Å². The van der Waals surface area contributed by atoms with Crippen LogP contribution in [-0.4, -0.2) is 35.1 Å². The fourth-order valence-corrected chi connectivity index (χ4v) is 5.79. The lowest BCUT2D eigenvalue weighted by Gasteiger charge is -2.42. The van der Waals surface area contributed by atoms with E-state index in [2.05, 4.69) is 41.6 Å². The van der Waals surface area contributed by atoms with Gasteiger partial charge in [0, 0.05) is 47.3 Å². The van der Waals surface area contributed by atoms with Crippen LogP contribution in [0.5, 0.6) is 0 Å². The van der Waals surface area contributed by atoms with E-state index in [0.717, 1.165) is 29.3 Å². The highest BCUT2D eigenvalue weighted by molar-refractivity contribution is 6.31. The number of benzene rings is 1. The number of fused-ring (bicyclic) bond motifs is 1. The van der Waals surface area contributed by atoms with Crippen molar-refractivity contribution >= 4 is 22.5 Å². The third-order valence-electron chi connectivity index (χ3n) is 7.38. The molecule has 1 aliphatic carbocycles. The van der Waals surface area contributed by atoms with Gasteiger partial charge in [-0.1, -0.05) is 25.4 Å². The maximum absolute atomic E-state index is 6.27. The Morgan fingerprint density at radius 3 is 2.39 bits per heavy atom. The van der Waals surface area contributed by atoms with E-state index in [0.29, 0.717) is 12.6 Å². The van der Waals surface area contributed by atoms with Crippen molar-refractivity contribution in [1.29, 1.82) is 0 Å². The lowest BCUT2D eigenvalue weighted by Crippen LogP contribution is -2.43. The van der Waals surface area contributed by atoms with Crippen molar-refractivity contribution in [3.63, 3.8) is 0 Å². The van der Waals surface area contributed by atoms with Gasteiger partial charge in [0.2, 0.25) is 0 Å². The molecule has 1 aromatic heterocycles. The van der Waals surface area contributed by atoms with Crippen molar-refractivity contribution in [2.75, 3.05) is 19.6 Å². The van der Waals surface area contributed by atoms with E-state index >= 15 is 0 Å². The zero-order valence-corrected chi connectivity index (χ0v) is 18.3. The standard InChI is InChI=1S/C24H36ClN3/c1-17(2)18-3-6-21(7-4-18)27-13-10-22(11-14-27)28-16-19(9-12-26)23-15-20(25)5-8-24(23)28/h5,8,15-18,21-22H,3-4,6-7,9-14,26H2,1-2H3. The minimum atomic E-state index is 0.596. The van der Waals surface area contributed by atoms with Gasteiger partial charge in [-0.2, -0.15) is 0 Å². The normalized spacial score (nSPS) is 25.0. The summed E-state index contributed by atoms with van der Waals surface area (Å²) in [5.74, 6) is 1.80. The van der Waals surface area contributed by atoms with Gasteiger partial charge >= 0.3 is 0 Å². The molecule has 28 heavy (non-hydrogen) atoms. The zero-order valence-electron chi connectivity index (χ0n) is 17.5. The van der Waals surface area contributed by atoms with E-state index in [-0.39, 0.29) is 0 Å². The highest BCUT2D eigenvalue weighted by Gasteiger charge is 2.30. The first-order valence-electron chi connectivity index (χ1n) is 11.3. The molecule has 0 amide bonds. The third-order valence-corrected chi connectivity index (χ3v) is 7.62. The molecule has 1 saturated heterocycles. The molecule has 3 nitrogen and oxygen atoms in total. The van der Waals surface area contributed by atoms with Gasteiger partial charge in [-0.3, -0.25) is 0 Å². The summed E-state index contributed by atoms with van der Waals surface area (Å²) in [5.41, 5.74) is 8.52. The van der Waals surface area contributed by atoms with Crippen LogP contribution in [0.3, 0.4) is 0 Å². The molecule has 2 aliphatic rings. The highest BCUT2D eigenvalue weighted by atomic mass is 35.5. The summed E-state index contributed by atoms with van der Waals surface area (Å²) in [6, 6.07) is 7.75. The summed E-state index contributed by atoms with van der Waals surface area (Å²) in [6.45, 7) is 7.94. The van der Waals surface area contributed by atoms with Crippen molar-refractivity contribution < 1.29 is 0 Å². The molecular weight excluding hydrogens is 366 g/mol. The van der Waals surface area contributed by atoms with Crippen molar-refractivity contribution in [3.05, 3.63) is 35.0 Å². The maximum Gasteiger partial charge on any atom is 0.0486 e. The van der Waals surface area contributed by atoms with Gasteiger partial charge in [-0.25, -0.2) is 0 Å². The van der Waals surface area contributed by atoms with Gasteiger partial charge in [0.05, 0.1) is 0 Å². The van der Waals surface area contributed by atoms with Crippen molar-refractivity contribution in [1.82, 2.24) is 9.47 Å². The van der Waals surface area contributed by atoms with Gasteiger partial charge < -0.3 is 15.2 Å². The molecule has 4 heteroatoms. The monoisotopic (exact) mass is 401 g/mol. The summed E-state index contributed by atoms with van der Waals surface area (Å²) < 4.78 is 2.52. The number of hydrogen-bond donors (Lipinski definition) is 1. The van der Waals surface area contributed by atoms with Crippen LogP contribution in [0.1, 0.15) is 64.0 Å². The van der Waals surface area contributed by atoms with Crippen LogP contribution < -0.4 is 5.73 Å². The summed E-state index contributed by atoms with van der Waals surface area (Å²) >= 11 is 6.27. The molecule has 1 saturated carbocycles. The molecule has 0 atom stereocenters. The lowest BCUT2D eigenvalue weighted by molar-refractivity contribution is 0.0894.